The summed E-state index contributed by atoms with van der Waals surface area (Å²) in [5.41, 5.74) is 6.01. The predicted molar refractivity (Wildman–Crippen MR) is 139 cm³/mol. The van der Waals surface area contributed by atoms with Crippen LogP contribution in [-0.2, 0) is 19.0 Å². The quantitative estimate of drug-likeness (QED) is 0.332. The number of halogens is 3. The average Bonchev–Trinajstić information content (AvgIpc) is 3.43. The van der Waals surface area contributed by atoms with E-state index in [1.807, 2.05) is 0 Å². The molecule has 38 heavy (non-hydrogen) atoms. The lowest BCUT2D eigenvalue weighted by atomic mass is 9.72. The minimum absolute atomic E-state index is 0.0797. The van der Waals surface area contributed by atoms with Crippen LogP contribution < -0.4 is 11.1 Å². The minimum atomic E-state index is -4.74. The van der Waals surface area contributed by atoms with Gasteiger partial charge in [0.2, 0.25) is 0 Å². The van der Waals surface area contributed by atoms with Crippen molar-refractivity contribution in [1.82, 2.24) is 14.6 Å². The number of benzene rings is 1. The van der Waals surface area contributed by atoms with Gasteiger partial charge in [0.05, 0.1) is 11.3 Å². The van der Waals surface area contributed by atoms with Crippen LogP contribution in [0.2, 0.25) is 0 Å². The molecule has 0 radical (unpaired) electrons. The Bertz CT molecular complexity index is 1550. The second kappa shape index (κ2) is 9.23. The number of thiophene rings is 1. The van der Waals surface area contributed by atoms with Crippen LogP contribution in [0.4, 0.5) is 18.2 Å². The van der Waals surface area contributed by atoms with Crippen molar-refractivity contribution in [3.8, 4) is 11.3 Å². The molecule has 1 aliphatic carbocycles. The molecule has 11 heteroatoms. The Hall–Kier alpha value is -3.73. The molecule has 1 aliphatic rings. The molecule has 7 nitrogen and oxygen atoms in total. The van der Waals surface area contributed by atoms with Crippen molar-refractivity contribution in [2.24, 2.45) is 17.1 Å². The molecule has 0 aliphatic heterocycles. The number of nitrogens with one attached hydrogen (secondary N) is 1. The van der Waals surface area contributed by atoms with Crippen LogP contribution >= 0.6 is 11.3 Å². The first-order chi connectivity index (χ1) is 17.8. The van der Waals surface area contributed by atoms with Gasteiger partial charge in [-0.25, -0.2) is 9.50 Å². The number of nitrogens with zero attached hydrogens (tertiary/aromatic N) is 3. The molecule has 2 amide bonds. The number of primary amides is 1. The SMILES string of the molecule is CC(C)(C)[C@H]1CCc2c(sc(NC(=O)c3cc4nc(-c5ccccc5)cc(C(F)(F)F)n4n3)c2C(N)=O)C1. The lowest BCUT2D eigenvalue weighted by Crippen LogP contribution is -2.27. The fourth-order valence-corrected chi connectivity index (χ4v) is 6.21. The van der Waals surface area contributed by atoms with E-state index in [0.29, 0.717) is 22.4 Å². The van der Waals surface area contributed by atoms with Crippen molar-refractivity contribution in [3.05, 3.63) is 69.9 Å². The first-order valence-electron chi connectivity index (χ1n) is 12.1. The van der Waals surface area contributed by atoms with Gasteiger partial charge in [-0.2, -0.15) is 18.3 Å². The summed E-state index contributed by atoms with van der Waals surface area (Å²) < 4.78 is 42.4. The molecule has 3 heterocycles. The van der Waals surface area contributed by atoms with Crippen molar-refractivity contribution in [2.45, 2.75) is 46.2 Å². The van der Waals surface area contributed by atoms with Crippen LogP contribution in [0.1, 0.15) is 64.2 Å². The fraction of sp³-hybridized carbons (Fsp3) is 0.333. The molecule has 0 spiro atoms. The maximum Gasteiger partial charge on any atom is 0.433 e. The molecule has 0 saturated heterocycles. The highest BCUT2D eigenvalue weighted by Crippen LogP contribution is 2.44. The van der Waals surface area contributed by atoms with Crippen molar-refractivity contribution in [1.29, 1.82) is 0 Å². The van der Waals surface area contributed by atoms with Gasteiger partial charge >= 0.3 is 6.18 Å². The monoisotopic (exact) mass is 541 g/mol. The molecule has 0 unspecified atom stereocenters. The molecule has 3 N–H and O–H groups in total. The lowest BCUT2D eigenvalue weighted by Gasteiger charge is -2.33. The Kier molecular flexibility index (Phi) is 6.29. The van der Waals surface area contributed by atoms with E-state index >= 15 is 0 Å². The highest BCUT2D eigenvalue weighted by molar-refractivity contribution is 7.17. The van der Waals surface area contributed by atoms with Gasteiger partial charge in [-0.1, -0.05) is 51.1 Å². The third-order valence-electron chi connectivity index (χ3n) is 6.98. The summed E-state index contributed by atoms with van der Waals surface area (Å²) in [5.74, 6) is -1.00. The normalized spacial score (nSPS) is 15.9. The molecule has 1 aromatic carbocycles. The van der Waals surface area contributed by atoms with Gasteiger partial charge in [0.1, 0.15) is 5.00 Å². The number of alkyl halides is 3. The summed E-state index contributed by atoms with van der Waals surface area (Å²) in [6.45, 7) is 6.51. The van der Waals surface area contributed by atoms with E-state index in [1.54, 1.807) is 30.3 Å². The molecule has 198 valence electrons. The van der Waals surface area contributed by atoms with E-state index in [9.17, 15) is 22.8 Å². The van der Waals surface area contributed by atoms with E-state index in [1.165, 1.54) is 17.4 Å². The molecular formula is C27H26F3N5O2S. The molecule has 3 aromatic heterocycles. The van der Waals surface area contributed by atoms with E-state index in [2.05, 4.69) is 36.2 Å². The van der Waals surface area contributed by atoms with Gasteiger partial charge in [0, 0.05) is 16.5 Å². The van der Waals surface area contributed by atoms with E-state index < -0.39 is 23.7 Å². The Morgan fingerprint density at radius 1 is 1.13 bits per heavy atom. The third-order valence-corrected chi connectivity index (χ3v) is 8.15. The number of carbonyl (C=O) groups is 2. The summed E-state index contributed by atoms with van der Waals surface area (Å²) in [6, 6.07) is 10.5. The average molecular weight is 542 g/mol. The number of anilines is 1. The molecule has 4 aromatic rings. The predicted octanol–water partition coefficient (Wildman–Crippen LogP) is 5.98. The highest BCUT2D eigenvalue weighted by Gasteiger charge is 2.36. The minimum Gasteiger partial charge on any atom is -0.365 e. The van der Waals surface area contributed by atoms with Crippen LogP contribution in [0.5, 0.6) is 0 Å². The molecule has 0 saturated carbocycles. The van der Waals surface area contributed by atoms with Gasteiger partial charge in [-0.3, -0.25) is 9.59 Å². The number of aromatic nitrogens is 3. The van der Waals surface area contributed by atoms with Crippen LogP contribution in [0.25, 0.3) is 16.9 Å². The fourth-order valence-electron chi connectivity index (χ4n) is 4.89. The number of hydrogen-bond donors (Lipinski definition) is 2. The largest absolute Gasteiger partial charge is 0.433 e. The first-order valence-corrected chi connectivity index (χ1v) is 12.9. The standard InChI is InChI=1S/C27H26F3N5O2S/c1-26(2,3)15-9-10-16-19(11-15)38-25(22(16)23(31)36)33-24(37)18-13-21-32-17(14-7-5-4-6-8-14)12-20(27(28,29)30)35(21)34-18/h4-8,12-13,15H,9-11H2,1-3H3,(H2,31,36)(H,33,37)/t15-/m0/s1. The summed E-state index contributed by atoms with van der Waals surface area (Å²) >= 11 is 1.28. The zero-order valence-electron chi connectivity index (χ0n) is 21.0. The number of amides is 2. The number of hydrogen-bond acceptors (Lipinski definition) is 5. The Labute approximate surface area is 220 Å². The van der Waals surface area contributed by atoms with E-state index in [4.69, 9.17) is 5.73 Å². The molecule has 0 bridgehead atoms. The van der Waals surface area contributed by atoms with Gasteiger partial charge in [-0.05, 0) is 42.2 Å². The third kappa shape index (κ3) is 4.78. The molecular weight excluding hydrogens is 515 g/mol. The lowest BCUT2D eigenvalue weighted by molar-refractivity contribution is -0.142. The van der Waals surface area contributed by atoms with Gasteiger partial charge in [0.15, 0.2) is 17.0 Å². The maximum absolute atomic E-state index is 13.9. The van der Waals surface area contributed by atoms with Crippen molar-refractivity contribution >= 4 is 33.8 Å². The second-order valence-electron chi connectivity index (χ2n) is 10.5. The number of fused-ring (bicyclic) bond motifs is 2. The Morgan fingerprint density at radius 2 is 1.84 bits per heavy atom. The van der Waals surface area contributed by atoms with E-state index in [0.717, 1.165) is 29.3 Å². The smallest absolute Gasteiger partial charge is 0.365 e. The second-order valence-corrected chi connectivity index (χ2v) is 11.6. The zero-order chi connectivity index (χ0) is 27.4. The number of rotatable bonds is 4. The summed E-state index contributed by atoms with van der Waals surface area (Å²) in [7, 11) is 0. The summed E-state index contributed by atoms with van der Waals surface area (Å²) in [5, 5.41) is 6.88. The van der Waals surface area contributed by atoms with Crippen molar-refractivity contribution in [2.75, 3.05) is 5.32 Å². The topological polar surface area (TPSA) is 102 Å². The van der Waals surface area contributed by atoms with Crippen LogP contribution in [0, 0.1) is 11.3 Å². The van der Waals surface area contributed by atoms with Crippen LogP contribution in [0.15, 0.2) is 42.5 Å². The van der Waals surface area contributed by atoms with Crippen molar-refractivity contribution in [3.63, 3.8) is 0 Å². The van der Waals surface area contributed by atoms with Crippen molar-refractivity contribution < 1.29 is 22.8 Å². The van der Waals surface area contributed by atoms with Crippen LogP contribution in [-0.4, -0.2) is 26.4 Å². The highest BCUT2D eigenvalue weighted by atomic mass is 32.1. The van der Waals surface area contributed by atoms with Gasteiger partial charge in [-0.15, -0.1) is 11.3 Å². The number of carbonyl (C=O) groups excluding carboxylic acids is 2. The summed E-state index contributed by atoms with van der Waals surface area (Å²) in [6.07, 6.45) is -2.42. The first kappa shape index (κ1) is 25.9. The number of nitrogens with two attached hydrogens (primary N) is 1. The van der Waals surface area contributed by atoms with Gasteiger partial charge in [0.25, 0.3) is 11.8 Å². The zero-order valence-corrected chi connectivity index (χ0v) is 21.8. The van der Waals surface area contributed by atoms with E-state index in [-0.39, 0.29) is 33.0 Å². The molecule has 1 atom stereocenters. The Morgan fingerprint density at radius 3 is 2.47 bits per heavy atom. The Balaban J connectivity index is 1.52. The maximum atomic E-state index is 13.9. The molecule has 0 fully saturated rings. The molecule has 5 rings (SSSR count). The van der Waals surface area contributed by atoms with Gasteiger partial charge < -0.3 is 11.1 Å². The van der Waals surface area contributed by atoms with Crippen LogP contribution in [0.3, 0.4) is 0 Å². The summed E-state index contributed by atoms with van der Waals surface area (Å²) in [4.78, 5) is 30.8.